The third-order valence-corrected chi connectivity index (χ3v) is 5.90. The lowest BCUT2D eigenvalue weighted by atomic mass is 9.98. The van der Waals surface area contributed by atoms with Gasteiger partial charge in [0.2, 0.25) is 5.91 Å². The van der Waals surface area contributed by atoms with Crippen molar-refractivity contribution in [3.63, 3.8) is 0 Å². The zero-order valence-corrected chi connectivity index (χ0v) is 17.0. The number of aliphatic hydroxyl groups is 1. The van der Waals surface area contributed by atoms with E-state index in [-0.39, 0.29) is 12.5 Å². The number of aliphatic hydroxyl groups excluding tert-OH is 1. The quantitative estimate of drug-likeness (QED) is 0.539. The lowest BCUT2D eigenvalue weighted by Gasteiger charge is -2.22. The van der Waals surface area contributed by atoms with Crippen molar-refractivity contribution in [2.75, 3.05) is 6.61 Å². The smallest absolute Gasteiger partial charge is 0.408 e. The highest BCUT2D eigenvalue weighted by molar-refractivity contribution is 5.95. The zero-order chi connectivity index (χ0) is 22.2. The van der Waals surface area contributed by atoms with E-state index in [2.05, 4.69) is 10.6 Å². The maximum Gasteiger partial charge on any atom is 0.408 e. The number of carbonyl (C=O) groups excluding carboxylic acids is 2. The van der Waals surface area contributed by atoms with Crippen LogP contribution in [0.25, 0.3) is 11.1 Å². The number of amides is 2. The monoisotopic (exact) mass is 424 g/mol. The van der Waals surface area contributed by atoms with E-state index in [4.69, 9.17) is 9.84 Å². The summed E-state index contributed by atoms with van der Waals surface area (Å²) in [6, 6.07) is 14.5. The van der Waals surface area contributed by atoms with Crippen LogP contribution in [-0.2, 0) is 14.3 Å². The van der Waals surface area contributed by atoms with Gasteiger partial charge in [-0.2, -0.15) is 0 Å². The Morgan fingerprint density at radius 1 is 1.06 bits per heavy atom. The van der Waals surface area contributed by atoms with Gasteiger partial charge in [-0.15, -0.1) is 0 Å². The highest BCUT2D eigenvalue weighted by Crippen LogP contribution is 2.44. The summed E-state index contributed by atoms with van der Waals surface area (Å²) in [6.07, 6.45) is -1.27. The van der Waals surface area contributed by atoms with Crippen LogP contribution in [-0.4, -0.2) is 52.5 Å². The van der Waals surface area contributed by atoms with E-state index in [1.165, 1.54) is 6.92 Å². The second kappa shape index (κ2) is 8.03. The molecular formula is C23H24N2O6. The van der Waals surface area contributed by atoms with Crippen molar-refractivity contribution in [2.24, 2.45) is 0 Å². The van der Waals surface area contributed by atoms with Gasteiger partial charge in [-0.3, -0.25) is 4.79 Å². The van der Waals surface area contributed by atoms with E-state index in [1.807, 2.05) is 48.5 Å². The van der Waals surface area contributed by atoms with Crippen LogP contribution in [0.3, 0.4) is 0 Å². The lowest BCUT2D eigenvalue weighted by Crippen LogP contribution is -2.56. The molecular weight excluding hydrogens is 400 g/mol. The second-order valence-corrected chi connectivity index (χ2v) is 8.06. The van der Waals surface area contributed by atoms with E-state index in [0.29, 0.717) is 12.8 Å². The number of hydrogen-bond donors (Lipinski definition) is 4. The molecule has 1 fully saturated rings. The third kappa shape index (κ3) is 3.98. The average molecular weight is 424 g/mol. The SMILES string of the molecule is CC(O)C(NC(=O)C1(NC(=O)OCC2c3ccccc3-c3ccccc32)CC1)C(=O)O. The molecule has 2 aromatic carbocycles. The van der Waals surface area contributed by atoms with Gasteiger partial charge >= 0.3 is 12.1 Å². The molecule has 1 saturated carbocycles. The fourth-order valence-electron chi connectivity index (χ4n) is 4.03. The van der Waals surface area contributed by atoms with E-state index in [0.717, 1.165) is 22.3 Å². The van der Waals surface area contributed by atoms with Crippen LogP contribution >= 0.6 is 0 Å². The number of aliphatic carboxylic acids is 1. The number of carboxylic acid groups (broad SMARTS) is 1. The lowest BCUT2D eigenvalue weighted by molar-refractivity contribution is -0.145. The first-order valence-corrected chi connectivity index (χ1v) is 10.2. The van der Waals surface area contributed by atoms with Crippen molar-refractivity contribution >= 4 is 18.0 Å². The Balaban J connectivity index is 1.40. The summed E-state index contributed by atoms with van der Waals surface area (Å²) >= 11 is 0. The van der Waals surface area contributed by atoms with Crippen LogP contribution < -0.4 is 10.6 Å². The zero-order valence-electron chi connectivity index (χ0n) is 17.0. The first-order valence-electron chi connectivity index (χ1n) is 10.2. The molecule has 4 N–H and O–H groups in total. The number of carbonyl (C=O) groups is 3. The molecule has 2 aromatic rings. The molecule has 2 aliphatic carbocycles. The molecule has 4 rings (SSSR count). The van der Waals surface area contributed by atoms with Crippen LogP contribution in [0.5, 0.6) is 0 Å². The van der Waals surface area contributed by atoms with Crippen LogP contribution in [0, 0.1) is 0 Å². The molecule has 0 aromatic heterocycles. The Hall–Kier alpha value is -3.39. The maximum absolute atomic E-state index is 12.5. The molecule has 2 amide bonds. The summed E-state index contributed by atoms with van der Waals surface area (Å²) in [6.45, 7) is 1.39. The molecule has 8 nitrogen and oxygen atoms in total. The van der Waals surface area contributed by atoms with Crippen molar-refractivity contribution in [1.82, 2.24) is 10.6 Å². The van der Waals surface area contributed by atoms with Gasteiger partial charge in [0.05, 0.1) is 6.10 Å². The van der Waals surface area contributed by atoms with Gasteiger partial charge in [0.25, 0.3) is 0 Å². The molecule has 0 bridgehead atoms. The topological polar surface area (TPSA) is 125 Å². The number of rotatable bonds is 7. The summed E-state index contributed by atoms with van der Waals surface area (Å²) in [4.78, 5) is 36.2. The van der Waals surface area contributed by atoms with Crippen molar-refractivity contribution in [3.8, 4) is 11.1 Å². The standard InChI is InChI=1S/C23H24N2O6/c1-13(26)19(20(27)28)24-21(29)23(10-11-23)25-22(30)31-12-18-16-8-4-2-6-14(16)15-7-3-5-9-17(15)18/h2-9,13,18-19,26H,10-12H2,1H3,(H,24,29)(H,25,30)(H,27,28). The van der Waals surface area contributed by atoms with Gasteiger partial charge < -0.3 is 25.6 Å². The van der Waals surface area contributed by atoms with Crippen LogP contribution in [0.4, 0.5) is 4.79 Å². The molecule has 2 atom stereocenters. The van der Waals surface area contributed by atoms with E-state index < -0.39 is 35.7 Å². The first-order chi connectivity index (χ1) is 14.8. The number of nitrogens with one attached hydrogen (secondary N) is 2. The number of ether oxygens (including phenoxy) is 1. The fourth-order valence-corrected chi connectivity index (χ4v) is 4.03. The van der Waals surface area contributed by atoms with Gasteiger partial charge in [0.1, 0.15) is 12.1 Å². The molecule has 8 heteroatoms. The van der Waals surface area contributed by atoms with Crippen molar-refractivity contribution in [2.45, 2.75) is 43.4 Å². The van der Waals surface area contributed by atoms with E-state index in [1.54, 1.807) is 0 Å². The minimum Gasteiger partial charge on any atom is -0.480 e. The molecule has 0 spiro atoms. The fraction of sp³-hybridized carbons (Fsp3) is 0.348. The summed E-state index contributed by atoms with van der Waals surface area (Å²) in [5, 5.41) is 23.6. The Morgan fingerprint density at radius 2 is 1.61 bits per heavy atom. The van der Waals surface area contributed by atoms with Crippen LogP contribution in [0.15, 0.2) is 48.5 Å². The summed E-state index contributed by atoms with van der Waals surface area (Å²) in [7, 11) is 0. The maximum atomic E-state index is 12.5. The molecule has 2 unspecified atom stereocenters. The summed E-state index contributed by atoms with van der Waals surface area (Å²) < 4.78 is 5.47. The number of fused-ring (bicyclic) bond motifs is 3. The van der Waals surface area contributed by atoms with Gasteiger partial charge in [-0.1, -0.05) is 48.5 Å². The van der Waals surface area contributed by atoms with Crippen LogP contribution in [0.2, 0.25) is 0 Å². The molecule has 0 radical (unpaired) electrons. The van der Waals surface area contributed by atoms with Crippen LogP contribution in [0.1, 0.15) is 36.8 Å². The van der Waals surface area contributed by atoms with Crippen molar-refractivity contribution < 1.29 is 29.3 Å². The van der Waals surface area contributed by atoms with Gasteiger partial charge in [-0.05, 0) is 42.0 Å². The van der Waals surface area contributed by atoms with E-state index in [9.17, 15) is 19.5 Å². The normalized spacial score (nSPS) is 17.6. The second-order valence-electron chi connectivity index (χ2n) is 8.06. The van der Waals surface area contributed by atoms with Crippen molar-refractivity contribution in [1.29, 1.82) is 0 Å². The Kier molecular flexibility index (Phi) is 5.41. The highest BCUT2D eigenvalue weighted by Gasteiger charge is 2.52. The van der Waals surface area contributed by atoms with Gasteiger partial charge in [0.15, 0.2) is 6.04 Å². The average Bonchev–Trinajstić information content (AvgIpc) is 3.45. The third-order valence-electron chi connectivity index (χ3n) is 5.90. The molecule has 0 saturated heterocycles. The Bertz CT molecular complexity index is 985. The number of carboxylic acids is 1. The summed E-state index contributed by atoms with van der Waals surface area (Å²) in [5.41, 5.74) is 3.18. The number of hydrogen-bond acceptors (Lipinski definition) is 5. The minimum atomic E-state index is -1.45. The van der Waals surface area contributed by atoms with Crippen molar-refractivity contribution in [3.05, 3.63) is 59.7 Å². The molecule has 162 valence electrons. The number of benzene rings is 2. The van der Waals surface area contributed by atoms with Gasteiger partial charge in [-0.25, -0.2) is 9.59 Å². The molecule has 31 heavy (non-hydrogen) atoms. The molecule has 2 aliphatic rings. The Morgan fingerprint density at radius 3 is 2.10 bits per heavy atom. The minimum absolute atomic E-state index is 0.103. The van der Waals surface area contributed by atoms with Gasteiger partial charge in [0, 0.05) is 5.92 Å². The Labute approximate surface area is 179 Å². The molecule has 0 aliphatic heterocycles. The first kappa shape index (κ1) is 20.9. The molecule has 0 heterocycles. The predicted molar refractivity (Wildman–Crippen MR) is 111 cm³/mol. The largest absolute Gasteiger partial charge is 0.480 e. The number of alkyl carbamates (subject to hydrolysis) is 1. The summed E-state index contributed by atoms with van der Waals surface area (Å²) in [5.74, 6) is -2.09. The van der Waals surface area contributed by atoms with E-state index >= 15 is 0 Å². The predicted octanol–water partition coefficient (Wildman–Crippen LogP) is 2.01. The highest BCUT2D eigenvalue weighted by atomic mass is 16.5.